The van der Waals surface area contributed by atoms with E-state index in [1.54, 1.807) is 14.0 Å². The summed E-state index contributed by atoms with van der Waals surface area (Å²) in [6.45, 7) is 4.13. The van der Waals surface area contributed by atoms with Crippen molar-refractivity contribution < 1.29 is 24.4 Å². The first-order chi connectivity index (χ1) is 7.08. The predicted octanol–water partition coefficient (Wildman–Crippen LogP) is 1.29. The van der Waals surface area contributed by atoms with Crippen LogP contribution < -0.4 is 0 Å². The van der Waals surface area contributed by atoms with Gasteiger partial charge in [-0.05, 0) is 13.3 Å². The van der Waals surface area contributed by atoms with E-state index in [1.807, 2.05) is 6.92 Å². The third-order valence-electron chi connectivity index (χ3n) is 1.32. The Labute approximate surface area is 91.3 Å². The van der Waals surface area contributed by atoms with Crippen LogP contribution in [0.4, 0.5) is 0 Å². The zero-order valence-corrected chi connectivity index (χ0v) is 9.99. The van der Waals surface area contributed by atoms with Gasteiger partial charge in [-0.3, -0.25) is 4.89 Å². The molecule has 1 unspecified atom stereocenters. The molecule has 0 spiro atoms. The molecule has 0 aromatic heterocycles. The quantitative estimate of drug-likeness (QED) is 0.542. The minimum atomic E-state index is -0.324. The average molecular weight is 222 g/mol. The fourth-order valence-electron chi connectivity index (χ4n) is 0.697. The molecule has 0 rings (SSSR count). The monoisotopic (exact) mass is 222 g/mol. The molecule has 1 N–H and O–H groups in total. The summed E-state index contributed by atoms with van der Waals surface area (Å²) in [5.74, 6) is -0.292. The Bertz CT molecular complexity index is 136. The van der Waals surface area contributed by atoms with Crippen LogP contribution in [-0.4, -0.2) is 38.0 Å². The zero-order valence-electron chi connectivity index (χ0n) is 9.99. The molecule has 0 saturated carbocycles. The van der Waals surface area contributed by atoms with Crippen molar-refractivity contribution in [3.63, 3.8) is 0 Å². The van der Waals surface area contributed by atoms with Crippen molar-refractivity contribution in [1.29, 1.82) is 0 Å². The van der Waals surface area contributed by atoms with E-state index in [0.717, 1.165) is 12.8 Å². The molecule has 0 radical (unpaired) electrons. The summed E-state index contributed by atoms with van der Waals surface area (Å²) in [5.41, 5.74) is 0. The van der Waals surface area contributed by atoms with E-state index >= 15 is 0 Å². The molecule has 0 aliphatic rings. The summed E-state index contributed by atoms with van der Waals surface area (Å²) >= 11 is 0. The van der Waals surface area contributed by atoms with Crippen LogP contribution in [0.25, 0.3) is 0 Å². The highest BCUT2D eigenvalue weighted by Crippen LogP contribution is 1.95. The molecule has 0 aliphatic carbocycles. The molecule has 0 amide bonds. The molecule has 92 valence electrons. The molecule has 1 atom stereocenters. The van der Waals surface area contributed by atoms with Gasteiger partial charge < -0.3 is 9.84 Å². The normalized spacial score (nSPS) is 11.3. The number of carbonyl (C=O) groups is 1. The van der Waals surface area contributed by atoms with Gasteiger partial charge in [0.2, 0.25) is 0 Å². The van der Waals surface area contributed by atoms with Gasteiger partial charge in [-0.2, -0.15) is 4.89 Å². The van der Waals surface area contributed by atoms with E-state index in [9.17, 15) is 4.79 Å². The van der Waals surface area contributed by atoms with Gasteiger partial charge in [-0.15, -0.1) is 0 Å². The van der Waals surface area contributed by atoms with Crippen molar-refractivity contribution in [2.45, 2.75) is 39.2 Å². The van der Waals surface area contributed by atoms with Crippen LogP contribution in [0.15, 0.2) is 0 Å². The van der Waals surface area contributed by atoms with E-state index < -0.39 is 0 Å². The predicted molar refractivity (Wildman–Crippen MR) is 56.2 cm³/mol. The van der Waals surface area contributed by atoms with E-state index in [0.29, 0.717) is 13.0 Å². The maximum absolute atomic E-state index is 10.5. The van der Waals surface area contributed by atoms with Gasteiger partial charge in [0.05, 0.1) is 19.8 Å². The summed E-state index contributed by atoms with van der Waals surface area (Å²) < 4.78 is 4.55. The Balaban J connectivity index is 0. The Morgan fingerprint density at radius 1 is 1.40 bits per heavy atom. The van der Waals surface area contributed by atoms with E-state index in [2.05, 4.69) is 14.5 Å². The maximum Gasteiger partial charge on any atom is 0.342 e. The topological polar surface area (TPSA) is 65.0 Å². The number of unbranched alkanes of at least 4 members (excludes halogenated alkanes) is 1. The third-order valence-corrected chi connectivity index (χ3v) is 1.32. The second kappa shape index (κ2) is 13.4. The number of methoxy groups -OCH3 is 1. The third kappa shape index (κ3) is 19.7. The van der Waals surface area contributed by atoms with Crippen LogP contribution in [0.3, 0.4) is 0 Å². The highest BCUT2D eigenvalue weighted by molar-refractivity contribution is 5.68. The molecule has 0 aromatic carbocycles. The summed E-state index contributed by atoms with van der Waals surface area (Å²) in [4.78, 5) is 18.8. The Hall–Kier alpha value is -0.650. The number of aliphatic hydroxyl groups excluding tert-OH is 1. The molecule has 0 heterocycles. The smallest absolute Gasteiger partial charge is 0.342 e. The molecular weight excluding hydrogens is 200 g/mol. The fourth-order valence-corrected chi connectivity index (χ4v) is 0.697. The molecular formula is C10H22O5. The van der Waals surface area contributed by atoms with Gasteiger partial charge in [0, 0.05) is 13.5 Å². The van der Waals surface area contributed by atoms with Crippen LogP contribution in [0.5, 0.6) is 0 Å². The largest absolute Gasteiger partial charge is 0.391 e. The molecule has 0 bridgehead atoms. The SMILES string of the molecule is CCCCC(=O)OOC.COCC(C)O. The summed E-state index contributed by atoms with van der Waals surface area (Å²) in [5, 5.41) is 8.43. The van der Waals surface area contributed by atoms with Gasteiger partial charge in [0.1, 0.15) is 0 Å². The van der Waals surface area contributed by atoms with Crippen LogP contribution in [0.1, 0.15) is 33.1 Å². The van der Waals surface area contributed by atoms with E-state index in [-0.39, 0.29) is 12.1 Å². The van der Waals surface area contributed by atoms with Crippen molar-refractivity contribution >= 4 is 5.97 Å². The average Bonchev–Trinajstić information content (AvgIpc) is 2.16. The molecule has 15 heavy (non-hydrogen) atoms. The molecule has 0 saturated heterocycles. The molecule has 5 nitrogen and oxygen atoms in total. The van der Waals surface area contributed by atoms with Crippen molar-refractivity contribution in [2.24, 2.45) is 0 Å². The highest BCUT2D eigenvalue weighted by atomic mass is 17.2. The number of hydrogen-bond donors (Lipinski definition) is 1. The number of aliphatic hydroxyl groups is 1. The zero-order chi connectivity index (χ0) is 12.1. The van der Waals surface area contributed by atoms with Gasteiger partial charge in [0.25, 0.3) is 0 Å². The van der Waals surface area contributed by atoms with Crippen LogP contribution in [0, 0.1) is 0 Å². The number of ether oxygens (including phenoxy) is 1. The second-order valence-electron chi connectivity index (χ2n) is 3.03. The van der Waals surface area contributed by atoms with Crippen molar-refractivity contribution in [2.75, 3.05) is 20.8 Å². The molecule has 5 heteroatoms. The van der Waals surface area contributed by atoms with Gasteiger partial charge in [0.15, 0.2) is 0 Å². The summed E-state index contributed by atoms with van der Waals surface area (Å²) in [6.07, 6.45) is 1.99. The lowest BCUT2D eigenvalue weighted by Gasteiger charge is -1.97. The number of rotatable bonds is 6. The van der Waals surface area contributed by atoms with Crippen LogP contribution >= 0.6 is 0 Å². The molecule has 0 aliphatic heterocycles. The highest BCUT2D eigenvalue weighted by Gasteiger charge is 1.99. The maximum atomic E-state index is 10.5. The second-order valence-corrected chi connectivity index (χ2v) is 3.03. The van der Waals surface area contributed by atoms with Crippen molar-refractivity contribution in [3.05, 3.63) is 0 Å². The molecule has 0 aromatic rings. The molecule has 0 fully saturated rings. The van der Waals surface area contributed by atoms with Gasteiger partial charge in [-0.25, -0.2) is 4.79 Å². The van der Waals surface area contributed by atoms with Gasteiger partial charge in [-0.1, -0.05) is 13.3 Å². The Morgan fingerprint density at radius 2 is 2.00 bits per heavy atom. The first kappa shape index (κ1) is 16.8. The van der Waals surface area contributed by atoms with Gasteiger partial charge >= 0.3 is 5.97 Å². The summed E-state index contributed by atoms with van der Waals surface area (Å²) in [6, 6.07) is 0. The minimum Gasteiger partial charge on any atom is -0.391 e. The van der Waals surface area contributed by atoms with E-state index in [4.69, 9.17) is 5.11 Å². The lowest BCUT2D eigenvalue weighted by atomic mass is 10.3. The summed E-state index contributed by atoms with van der Waals surface area (Å²) in [7, 11) is 2.89. The van der Waals surface area contributed by atoms with E-state index in [1.165, 1.54) is 7.11 Å². The Morgan fingerprint density at radius 3 is 2.27 bits per heavy atom. The lowest BCUT2D eigenvalue weighted by Crippen LogP contribution is -2.07. The minimum absolute atomic E-state index is 0.292. The van der Waals surface area contributed by atoms with Crippen molar-refractivity contribution in [3.8, 4) is 0 Å². The first-order valence-corrected chi connectivity index (χ1v) is 4.98. The first-order valence-electron chi connectivity index (χ1n) is 4.98. The standard InChI is InChI=1S/C6H12O3.C4H10O2/c1-3-4-5-6(7)9-8-2;1-4(5)3-6-2/h3-5H2,1-2H3;4-5H,3H2,1-2H3. The Kier molecular flexibility index (Phi) is 14.9. The number of hydrogen-bond acceptors (Lipinski definition) is 5. The van der Waals surface area contributed by atoms with Crippen molar-refractivity contribution in [1.82, 2.24) is 0 Å². The number of carbonyl (C=O) groups excluding carboxylic acids is 1. The fraction of sp³-hybridized carbons (Fsp3) is 0.900. The lowest BCUT2D eigenvalue weighted by molar-refractivity contribution is -0.255. The van der Waals surface area contributed by atoms with Crippen LogP contribution in [-0.2, 0) is 19.3 Å². The van der Waals surface area contributed by atoms with Crippen LogP contribution in [0.2, 0.25) is 0 Å².